The first-order chi connectivity index (χ1) is 11.1. The van der Waals surface area contributed by atoms with Gasteiger partial charge in [0.25, 0.3) is 0 Å². The lowest BCUT2D eigenvalue weighted by atomic mass is 9.79. The number of rotatable bonds is 5. The van der Waals surface area contributed by atoms with Crippen LogP contribution in [-0.4, -0.2) is 23.0 Å². The van der Waals surface area contributed by atoms with Crippen LogP contribution in [0.3, 0.4) is 0 Å². The van der Waals surface area contributed by atoms with Gasteiger partial charge in [0, 0.05) is 17.8 Å². The fourth-order valence-corrected chi connectivity index (χ4v) is 3.56. The van der Waals surface area contributed by atoms with Gasteiger partial charge in [0.1, 0.15) is 0 Å². The molecule has 0 aliphatic carbocycles. The summed E-state index contributed by atoms with van der Waals surface area (Å²) in [5.41, 5.74) is 8.98. The molecule has 1 unspecified atom stereocenters. The molecule has 2 aromatic carbocycles. The molecule has 2 aromatic rings. The van der Waals surface area contributed by atoms with Gasteiger partial charge in [-0.05, 0) is 46.9 Å². The summed E-state index contributed by atoms with van der Waals surface area (Å²) in [6, 6.07) is 10.2. The van der Waals surface area contributed by atoms with E-state index in [1.165, 1.54) is 0 Å². The Balaban J connectivity index is 1.84. The number of nitrogens with one attached hydrogen (secondary N) is 1. The van der Waals surface area contributed by atoms with Gasteiger partial charge in [-0.15, -0.1) is 0 Å². The van der Waals surface area contributed by atoms with Crippen LogP contribution < -0.4 is 15.9 Å². The summed E-state index contributed by atoms with van der Waals surface area (Å²) >= 11 is 0. The standard InChI is InChI=1S/C15H16BFN2O3S/c17-6-5-10-7-12(18)2-4-15(10)23(21)19-13-3-1-11-9-22-16(20)14(11)8-13/h1-4,7-8,19-20H,5-6,9,18H2. The first-order valence-corrected chi connectivity index (χ1v) is 8.29. The minimum Gasteiger partial charge on any atom is -0.423 e. The van der Waals surface area contributed by atoms with Crippen molar-refractivity contribution in [1.29, 1.82) is 0 Å². The Hall–Kier alpha value is -1.90. The van der Waals surface area contributed by atoms with Crippen LogP contribution in [-0.2, 0) is 28.7 Å². The van der Waals surface area contributed by atoms with Gasteiger partial charge in [0.05, 0.1) is 18.2 Å². The lowest BCUT2D eigenvalue weighted by Crippen LogP contribution is -2.28. The topological polar surface area (TPSA) is 84.6 Å². The van der Waals surface area contributed by atoms with Crippen LogP contribution in [0.5, 0.6) is 0 Å². The summed E-state index contributed by atoms with van der Waals surface area (Å²) in [5, 5.41) is 9.72. The quantitative estimate of drug-likeness (QED) is 0.565. The number of benzene rings is 2. The predicted octanol–water partition coefficient (Wildman–Crippen LogP) is 1.13. The number of nitrogen functional groups attached to an aromatic ring is 1. The highest BCUT2D eigenvalue weighted by atomic mass is 32.2. The van der Waals surface area contributed by atoms with Crippen molar-refractivity contribution >= 4 is 34.9 Å². The van der Waals surface area contributed by atoms with Crippen molar-refractivity contribution in [3.05, 3.63) is 47.5 Å². The molecule has 0 fully saturated rings. The van der Waals surface area contributed by atoms with E-state index < -0.39 is 24.8 Å². The third kappa shape index (κ3) is 3.39. The predicted molar refractivity (Wildman–Crippen MR) is 89.4 cm³/mol. The van der Waals surface area contributed by atoms with Crippen molar-refractivity contribution in [1.82, 2.24) is 0 Å². The zero-order chi connectivity index (χ0) is 16.4. The maximum absolute atomic E-state index is 12.7. The second-order valence-corrected chi connectivity index (χ2v) is 6.44. The van der Waals surface area contributed by atoms with Crippen molar-refractivity contribution in [3.63, 3.8) is 0 Å². The van der Waals surface area contributed by atoms with Crippen LogP contribution in [0.1, 0.15) is 11.1 Å². The molecule has 0 spiro atoms. The number of hydrogen-bond donors (Lipinski definition) is 3. The van der Waals surface area contributed by atoms with Crippen LogP contribution in [0.15, 0.2) is 41.3 Å². The van der Waals surface area contributed by atoms with Crippen LogP contribution in [0.4, 0.5) is 15.8 Å². The van der Waals surface area contributed by atoms with Crippen molar-refractivity contribution in [2.45, 2.75) is 17.9 Å². The minimum absolute atomic E-state index is 0.157. The van der Waals surface area contributed by atoms with Crippen LogP contribution in [0.2, 0.25) is 0 Å². The number of nitrogens with two attached hydrogens (primary N) is 1. The first kappa shape index (κ1) is 16.0. The fourth-order valence-electron chi connectivity index (χ4n) is 2.52. The number of fused-ring (bicyclic) bond motifs is 1. The normalized spacial score (nSPS) is 14.6. The van der Waals surface area contributed by atoms with Crippen LogP contribution >= 0.6 is 0 Å². The van der Waals surface area contributed by atoms with Gasteiger partial charge in [-0.1, -0.05) is 6.07 Å². The Kier molecular flexibility index (Phi) is 4.65. The zero-order valence-electron chi connectivity index (χ0n) is 12.3. The molecule has 5 nitrogen and oxygen atoms in total. The third-order valence-electron chi connectivity index (χ3n) is 3.67. The molecule has 120 valence electrons. The molecule has 0 amide bonds. The Morgan fingerprint density at radius 1 is 1.35 bits per heavy atom. The molecule has 3 rings (SSSR count). The van der Waals surface area contributed by atoms with E-state index in [0.717, 1.165) is 5.56 Å². The maximum atomic E-state index is 12.7. The SMILES string of the molecule is Nc1ccc(S(=O)Nc2ccc3c(c2)B(O)OC3)c(CCF)c1. The largest absolute Gasteiger partial charge is 0.491 e. The van der Waals surface area contributed by atoms with Gasteiger partial charge in [0.15, 0.2) is 11.0 Å². The Morgan fingerprint density at radius 3 is 2.96 bits per heavy atom. The van der Waals surface area contributed by atoms with Gasteiger partial charge < -0.3 is 20.1 Å². The maximum Gasteiger partial charge on any atom is 0.491 e. The third-order valence-corrected chi connectivity index (χ3v) is 4.89. The van der Waals surface area contributed by atoms with E-state index in [2.05, 4.69) is 4.72 Å². The molecule has 1 aliphatic rings. The van der Waals surface area contributed by atoms with Gasteiger partial charge in [-0.3, -0.25) is 4.39 Å². The molecule has 1 heterocycles. The molecule has 8 heteroatoms. The molecule has 1 atom stereocenters. The highest BCUT2D eigenvalue weighted by Gasteiger charge is 2.27. The number of aryl methyl sites for hydroxylation is 1. The molecule has 0 saturated carbocycles. The van der Waals surface area contributed by atoms with Crippen LogP contribution in [0, 0.1) is 0 Å². The lowest BCUT2D eigenvalue weighted by molar-refractivity contribution is 0.275. The fraction of sp³-hybridized carbons (Fsp3) is 0.200. The second kappa shape index (κ2) is 6.70. The van der Waals surface area contributed by atoms with Crippen molar-refractivity contribution in [2.75, 3.05) is 17.1 Å². The van der Waals surface area contributed by atoms with Crippen LogP contribution in [0.25, 0.3) is 0 Å². The van der Waals surface area contributed by atoms with Crippen molar-refractivity contribution in [3.8, 4) is 0 Å². The summed E-state index contributed by atoms with van der Waals surface area (Å²) in [6.07, 6.45) is 0.157. The van der Waals surface area contributed by atoms with E-state index >= 15 is 0 Å². The van der Waals surface area contributed by atoms with Gasteiger partial charge in [-0.2, -0.15) is 0 Å². The van der Waals surface area contributed by atoms with E-state index in [1.54, 1.807) is 30.3 Å². The van der Waals surface area contributed by atoms with Gasteiger partial charge >= 0.3 is 7.12 Å². The number of alkyl halides is 1. The summed E-state index contributed by atoms with van der Waals surface area (Å²) in [5.74, 6) is 0. The molecule has 1 aliphatic heterocycles. The van der Waals surface area contributed by atoms with Crippen molar-refractivity contribution < 1.29 is 18.3 Å². The second-order valence-electron chi connectivity index (χ2n) is 5.25. The molecule has 4 N–H and O–H groups in total. The minimum atomic E-state index is -1.56. The molecule has 0 saturated heterocycles. The van der Waals surface area contributed by atoms with Gasteiger partial charge in [0.2, 0.25) is 0 Å². The number of hydrogen-bond acceptors (Lipinski definition) is 4. The van der Waals surface area contributed by atoms with E-state index in [-0.39, 0.29) is 6.42 Å². The van der Waals surface area contributed by atoms with Crippen molar-refractivity contribution in [2.24, 2.45) is 0 Å². The Bertz CT molecular complexity index is 759. The van der Waals surface area contributed by atoms with Gasteiger partial charge in [-0.25, -0.2) is 4.21 Å². The summed E-state index contributed by atoms with van der Waals surface area (Å²) in [4.78, 5) is 0.495. The number of anilines is 2. The van der Waals surface area contributed by atoms with E-state index in [4.69, 9.17) is 10.4 Å². The highest BCUT2D eigenvalue weighted by Crippen LogP contribution is 2.21. The molecule has 23 heavy (non-hydrogen) atoms. The van der Waals surface area contributed by atoms with E-state index in [0.29, 0.717) is 33.9 Å². The summed E-state index contributed by atoms with van der Waals surface area (Å²) < 4.78 is 33.2. The monoisotopic (exact) mass is 334 g/mol. The Morgan fingerprint density at radius 2 is 2.17 bits per heavy atom. The summed E-state index contributed by atoms with van der Waals surface area (Å²) in [6.45, 7) is -0.186. The average molecular weight is 334 g/mol. The molecule has 0 bridgehead atoms. The number of halogens is 1. The zero-order valence-corrected chi connectivity index (χ0v) is 13.1. The lowest BCUT2D eigenvalue weighted by Gasteiger charge is -2.12. The Labute approximate surface area is 136 Å². The molecular weight excluding hydrogens is 318 g/mol. The van der Waals surface area contributed by atoms with E-state index in [1.807, 2.05) is 6.07 Å². The molecular formula is C15H16BFN2O3S. The molecule has 0 radical (unpaired) electrons. The highest BCUT2D eigenvalue weighted by molar-refractivity contribution is 7.86. The first-order valence-electron chi connectivity index (χ1n) is 7.14. The smallest absolute Gasteiger partial charge is 0.423 e. The summed E-state index contributed by atoms with van der Waals surface area (Å²) in [7, 11) is -2.52. The average Bonchev–Trinajstić information content (AvgIpc) is 2.89. The molecule has 0 aromatic heterocycles. The van der Waals surface area contributed by atoms with E-state index in [9.17, 15) is 13.6 Å².